The number of rotatable bonds is 3. The molecule has 0 amide bonds. The first-order valence-corrected chi connectivity index (χ1v) is 6.22. The van der Waals surface area contributed by atoms with Gasteiger partial charge in [-0.25, -0.2) is 0 Å². The maximum Gasteiger partial charge on any atom is 0.416 e. The van der Waals surface area contributed by atoms with Crippen molar-refractivity contribution in [3.05, 3.63) is 59.7 Å². The molecule has 0 aliphatic carbocycles. The van der Waals surface area contributed by atoms with Gasteiger partial charge in [-0.05, 0) is 23.3 Å². The normalized spacial score (nSPS) is 11.4. The molecule has 1 nitrogen and oxygen atoms in total. The lowest BCUT2D eigenvalue weighted by Gasteiger charge is -2.08. The topological polar surface area (TPSA) is 17.1 Å². The highest BCUT2D eigenvalue weighted by atomic mass is 19.4. The number of Topliss-reactive ketones (excluding diaryl/α,β-unsaturated/α-hetero) is 1. The minimum Gasteiger partial charge on any atom is -0.294 e. The molecule has 0 heterocycles. The Morgan fingerprint density at radius 1 is 0.900 bits per heavy atom. The Hall–Kier alpha value is -2.10. The third-order valence-electron chi connectivity index (χ3n) is 3.07. The van der Waals surface area contributed by atoms with Crippen LogP contribution in [0.1, 0.15) is 29.3 Å². The van der Waals surface area contributed by atoms with Gasteiger partial charge in [0.15, 0.2) is 5.78 Å². The van der Waals surface area contributed by atoms with Gasteiger partial charge in [0.25, 0.3) is 0 Å². The van der Waals surface area contributed by atoms with Gasteiger partial charge in [0, 0.05) is 12.0 Å². The van der Waals surface area contributed by atoms with E-state index in [4.69, 9.17) is 0 Å². The molecule has 0 fully saturated rings. The first-order valence-electron chi connectivity index (χ1n) is 6.22. The fourth-order valence-corrected chi connectivity index (χ4v) is 1.90. The lowest BCUT2D eigenvalue weighted by atomic mass is 10.0. The van der Waals surface area contributed by atoms with E-state index in [-0.39, 0.29) is 5.78 Å². The van der Waals surface area contributed by atoms with Crippen molar-refractivity contribution >= 4 is 5.78 Å². The van der Waals surface area contributed by atoms with Gasteiger partial charge < -0.3 is 0 Å². The molecule has 0 bridgehead atoms. The zero-order chi connectivity index (χ0) is 14.8. The van der Waals surface area contributed by atoms with Crippen LogP contribution in [0.2, 0.25) is 0 Å². The third kappa shape index (κ3) is 3.07. The molecule has 0 N–H and O–H groups in total. The van der Waals surface area contributed by atoms with Crippen molar-refractivity contribution in [2.24, 2.45) is 0 Å². The number of halogens is 3. The molecule has 2 aromatic carbocycles. The van der Waals surface area contributed by atoms with E-state index in [0.717, 1.165) is 17.7 Å². The van der Waals surface area contributed by atoms with Crippen LogP contribution in [0.3, 0.4) is 0 Å². The van der Waals surface area contributed by atoms with Crippen molar-refractivity contribution in [2.75, 3.05) is 0 Å². The van der Waals surface area contributed by atoms with Crippen LogP contribution in [0.5, 0.6) is 0 Å². The first-order chi connectivity index (χ1) is 9.41. The Bertz CT molecular complexity index is 595. The Morgan fingerprint density at radius 3 is 1.75 bits per heavy atom. The van der Waals surface area contributed by atoms with Crippen LogP contribution < -0.4 is 0 Å². The number of carbonyl (C=O) groups excluding carboxylic acids is 1. The van der Waals surface area contributed by atoms with Gasteiger partial charge in [-0.2, -0.15) is 13.2 Å². The molecule has 2 rings (SSSR count). The number of ketones is 1. The smallest absolute Gasteiger partial charge is 0.294 e. The van der Waals surface area contributed by atoms with Crippen LogP contribution >= 0.6 is 0 Å². The highest BCUT2D eigenvalue weighted by Gasteiger charge is 2.29. The molecule has 0 saturated heterocycles. The molecule has 104 valence electrons. The number of hydrogen-bond donors (Lipinski definition) is 0. The number of alkyl halides is 3. The molecule has 0 radical (unpaired) electrons. The summed E-state index contributed by atoms with van der Waals surface area (Å²) in [6.45, 7) is 1.78. The molecule has 0 aliphatic rings. The molecule has 0 aromatic heterocycles. The van der Waals surface area contributed by atoms with Crippen molar-refractivity contribution in [3.63, 3.8) is 0 Å². The minimum absolute atomic E-state index is 0.0453. The van der Waals surface area contributed by atoms with E-state index in [1.165, 1.54) is 12.1 Å². The van der Waals surface area contributed by atoms with E-state index in [2.05, 4.69) is 0 Å². The van der Waals surface area contributed by atoms with Gasteiger partial charge in [-0.1, -0.05) is 43.3 Å². The highest BCUT2D eigenvalue weighted by molar-refractivity contribution is 5.96. The second-order valence-electron chi connectivity index (χ2n) is 4.43. The van der Waals surface area contributed by atoms with E-state index in [0.29, 0.717) is 17.5 Å². The molecule has 0 aliphatic heterocycles. The van der Waals surface area contributed by atoms with Gasteiger partial charge in [0.05, 0.1) is 5.56 Å². The monoisotopic (exact) mass is 278 g/mol. The van der Waals surface area contributed by atoms with Crippen LogP contribution in [-0.4, -0.2) is 5.78 Å². The Labute approximate surface area is 115 Å². The van der Waals surface area contributed by atoms with E-state index >= 15 is 0 Å². The SMILES string of the molecule is CCC(=O)c1ccc(-c2ccc(C(F)(F)F)cc2)cc1. The van der Waals surface area contributed by atoms with E-state index in [1.807, 2.05) is 0 Å². The van der Waals surface area contributed by atoms with Crippen LogP contribution in [0.4, 0.5) is 13.2 Å². The summed E-state index contributed by atoms with van der Waals surface area (Å²) >= 11 is 0. The van der Waals surface area contributed by atoms with E-state index < -0.39 is 11.7 Å². The second-order valence-corrected chi connectivity index (χ2v) is 4.43. The standard InChI is InChI=1S/C16H13F3O/c1-2-15(20)13-5-3-11(4-6-13)12-7-9-14(10-8-12)16(17,18)19/h3-10H,2H2,1H3. The van der Waals surface area contributed by atoms with E-state index in [9.17, 15) is 18.0 Å². The van der Waals surface area contributed by atoms with Crippen LogP contribution in [0.25, 0.3) is 11.1 Å². The summed E-state index contributed by atoms with van der Waals surface area (Å²) in [6, 6.07) is 11.8. The molecular weight excluding hydrogens is 265 g/mol. The van der Waals surface area contributed by atoms with Crippen LogP contribution in [0, 0.1) is 0 Å². The lowest BCUT2D eigenvalue weighted by Crippen LogP contribution is -2.04. The van der Waals surface area contributed by atoms with Gasteiger partial charge >= 0.3 is 6.18 Å². The summed E-state index contributed by atoms with van der Waals surface area (Å²) < 4.78 is 37.4. The summed E-state index contributed by atoms with van der Waals surface area (Å²) in [6.07, 6.45) is -3.89. The average Bonchev–Trinajstić information content (AvgIpc) is 2.46. The summed E-state index contributed by atoms with van der Waals surface area (Å²) in [5.74, 6) is 0.0453. The third-order valence-corrected chi connectivity index (χ3v) is 3.07. The van der Waals surface area contributed by atoms with Crippen molar-refractivity contribution in [2.45, 2.75) is 19.5 Å². The van der Waals surface area contributed by atoms with Crippen molar-refractivity contribution < 1.29 is 18.0 Å². The Kier molecular flexibility index (Phi) is 3.93. The maximum atomic E-state index is 12.5. The zero-order valence-corrected chi connectivity index (χ0v) is 10.9. The largest absolute Gasteiger partial charge is 0.416 e. The quantitative estimate of drug-likeness (QED) is 0.725. The molecule has 20 heavy (non-hydrogen) atoms. The molecule has 0 spiro atoms. The van der Waals surface area contributed by atoms with Gasteiger partial charge in [-0.15, -0.1) is 0 Å². The predicted molar refractivity (Wildman–Crippen MR) is 71.5 cm³/mol. The summed E-state index contributed by atoms with van der Waals surface area (Å²) in [4.78, 5) is 11.5. The number of carbonyl (C=O) groups is 1. The minimum atomic E-state index is -4.32. The van der Waals surface area contributed by atoms with Crippen LogP contribution in [0.15, 0.2) is 48.5 Å². The van der Waals surface area contributed by atoms with E-state index in [1.54, 1.807) is 31.2 Å². The van der Waals surface area contributed by atoms with Gasteiger partial charge in [0.1, 0.15) is 0 Å². The molecule has 4 heteroatoms. The zero-order valence-electron chi connectivity index (χ0n) is 10.9. The van der Waals surface area contributed by atoms with Crippen molar-refractivity contribution in [3.8, 4) is 11.1 Å². The number of hydrogen-bond acceptors (Lipinski definition) is 1. The average molecular weight is 278 g/mol. The molecule has 0 saturated carbocycles. The lowest BCUT2D eigenvalue weighted by molar-refractivity contribution is -0.137. The molecule has 0 atom stereocenters. The van der Waals surface area contributed by atoms with Gasteiger partial charge in [-0.3, -0.25) is 4.79 Å². The van der Waals surface area contributed by atoms with Gasteiger partial charge in [0.2, 0.25) is 0 Å². The summed E-state index contributed by atoms with van der Waals surface area (Å²) in [5, 5.41) is 0. The predicted octanol–water partition coefficient (Wildman–Crippen LogP) is 4.97. The van der Waals surface area contributed by atoms with Crippen molar-refractivity contribution in [1.29, 1.82) is 0 Å². The fraction of sp³-hybridized carbons (Fsp3) is 0.188. The Balaban J connectivity index is 2.26. The first kappa shape index (κ1) is 14.3. The summed E-state index contributed by atoms with van der Waals surface area (Å²) in [7, 11) is 0. The number of benzene rings is 2. The maximum absolute atomic E-state index is 12.5. The molecule has 0 unspecified atom stereocenters. The summed E-state index contributed by atoms with van der Waals surface area (Å²) in [5.41, 5.74) is 1.42. The molecule has 2 aromatic rings. The van der Waals surface area contributed by atoms with Crippen LogP contribution in [-0.2, 0) is 6.18 Å². The second kappa shape index (κ2) is 5.49. The van der Waals surface area contributed by atoms with Crippen molar-refractivity contribution in [1.82, 2.24) is 0 Å². The highest BCUT2D eigenvalue weighted by Crippen LogP contribution is 2.31. The fourth-order valence-electron chi connectivity index (χ4n) is 1.90. The Morgan fingerprint density at radius 2 is 1.35 bits per heavy atom. The molecular formula is C16H13F3O.